The number of ether oxygens (including phenoxy) is 1. The van der Waals surface area contributed by atoms with Crippen molar-refractivity contribution in [1.82, 2.24) is 0 Å². The minimum atomic E-state index is -0.355. The number of anilines is 1. The summed E-state index contributed by atoms with van der Waals surface area (Å²) in [5.41, 5.74) is 3.57. The van der Waals surface area contributed by atoms with Gasteiger partial charge in [0.05, 0.1) is 5.56 Å². The van der Waals surface area contributed by atoms with Gasteiger partial charge in [0.15, 0.2) is 0 Å². The van der Waals surface area contributed by atoms with Crippen LogP contribution in [0.2, 0.25) is 0 Å². The fraction of sp³-hybridized carbons (Fsp3) is 0.0769. The first kappa shape index (κ1) is 18.1. The zero-order valence-electron chi connectivity index (χ0n) is 16.2. The standard InChI is InChI=1S/C26H19NO3/c28-25(27-23-12-6-10-17-7-4-5-11-21(17)23)19-13-14-22-20(15-19)16-24(30-26(22)29)18-8-2-1-3-9-18/h1-15,24H,16H2,(H,27,28)/t24-/m1/s1. The number of rotatable bonds is 3. The fourth-order valence-corrected chi connectivity index (χ4v) is 3.92. The van der Waals surface area contributed by atoms with Gasteiger partial charge in [-0.25, -0.2) is 4.79 Å². The molecule has 146 valence electrons. The Hall–Kier alpha value is -3.92. The monoisotopic (exact) mass is 393 g/mol. The highest BCUT2D eigenvalue weighted by molar-refractivity contribution is 6.09. The molecule has 0 aliphatic carbocycles. The molecule has 0 fully saturated rings. The number of cyclic esters (lactones) is 1. The van der Waals surface area contributed by atoms with Gasteiger partial charge in [-0.15, -0.1) is 0 Å². The van der Waals surface area contributed by atoms with E-state index in [9.17, 15) is 9.59 Å². The lowest BCUT2D eigenvalue weighted by molar-refractivity contribution is 0.0252. The average Bonchev–Trinajstić information content (AvgIpc) is 2.79. The summed E-state index contributed by atoms with van der Waals surface area (Å²) in [6, 6.07) is 28.6. The fourth-order valence-electron chi connectivity index (χ4n) is 3.92. The van der Waals surface area contributed by atoms with Gasteiger partial charge in [-0.05, 0) is 40.8 Å². The first-order valence-electron chi connectivity index (χ1n) is 9.87. The zero-order chi connectivity index (χ0) is 20.5. The normalized spacial score (nSPS) is 15.3. The van der Waals surface area contributed by atoms with E-state index in [1.165, 1.54) is 0 Å². The maximum Gasteiger partial charge on any atom is 0.339 e. The second kappa shape index (κ2) is 7.48. The van der Waals surface area contributed by atoms with Crippen molar-refractivity contribution < 1.29 is 14.3 Å². The highest BCUT2D eigenvalue weighted by Crippen LogP contribution is 2.31. The van der Waals surface area contributed by atoms with Crippen LogP contribution < -0.4 is 5.32 Å². The Balaban J connectivity index is 1.44. The summed E-state index contributed by atoms with van der Waals surface area (Å²) in [5.74, 6) is -0.560. The largest absolute Gasteiger partial charge is 0.454 e. The molecule has 0 unspecified atom stereocenters. The Labute approximate surface area is 174 Å². The average molecular weight is 393 g/mol. The number of benzene rings is 4. The lowest BCUT2D eigenvalue weighted by Gasteiger charge is -2.25. The van der Waals surface area contributed by atoms with Crippen LogP contribution in [0.15, 0.2) is 91.0 Å². The molecule has 1 aliphatic rings. The van der Waals surface area contributed by atoms with Crippen molar-refractivity contribution in [2.24, 2.45) is 0 Å². The molecule has 0 aromatic heterocycles. The highest BCUT2D eigenvalue weighted by Gasteiger charge is 2.28. The molecule has 30 heavy (non-hydrogen) atoms. The van der Waals surface area contributed by atoms with E-state index in [1.807, 2.05) is 72.8 Å². The number of fused-ring (bicyclic) bond motifs is 2. The molecule has 1 heterocycles. The van der Waals surface area contributed by atoms with Crippen LogP contribution in [0.4, 0.5) is 5.69 Å². The first-order chi connectivity index (χ1) is 14.7. The third kappa shape index (κ3) is 3.33. The molecule has 4 heteroatoms. The molecule has 1 atom stereocenters. The highest BCUT2D eigenvalue weighted by atomic mass is 16.5. The van der Waals surface area contributed by atoms with Crippen molar-refractivity contribution in [3.63, 3.8) is 0 Å². The molecular formula is C26H19NO3. The molecule has 0 bridgehead atoms. The predicted molar refractivity (Wildman–Crippen MR) is 117 cm³/mol. The molecular weight excluding hydrogens is 374 g/mol. The molecule has 5 rings (SSSR count). The third-order valence-electron chi connectivity index (χ3n) is 5.45. The zero-order valence-corrected chi connectivity index (χ0v) is 16.2. The SMILES string of the molecule is O=C(Nc1cccc2ccccc12)c1ccc2c(c1)C[C@H](c1ccccc1)OC2=O. The Kier molecular flexibility index (Phi) is 4.52. The van der Waals surface area contributed by atoms with Crippen LogP contribution in [0.1, 0.15) is 37.9 Å². The molecule has 1 N–H and O–H groups in total. The van der Waals surface area contributed by atoms with Gasteiger partial charge in [-0.2, -0.15) is 0 Å². The van der Waals surface area contributed by atoms with Gasteiger partial charge >= 0.3 is 5.97 Å². The van der Waals surface area contributed by atoms with Crippen molar-refractivity contribution in [2.45, 2.75) is 12.5 Å². The molecule has 0 saturated heterocycles. The summed E-state index contributed by atoms with van der Waals surface area (Å²) in [6.07, 6.45) is 0.197. The first-order valence-corrected chi connectivity index (χ1v) is 9.87. The summed E-state index contributed by atoms with van der Waals surface area (Å²) >= 11 is 0. The van der Waals surface area contributed by atoms with Gasteiger partial charge in [-0.3, -0.25) is 4.79 Å². The van der Waals surface area contributed by atoms with Crippen molar-refractivity contribution in [3.05, 3.63) is 113 Å². The number of hydrogen-bond donors (Lipinski definition) is 1. The molecule has 0 saturated carbocycles. The number of esters is 1. The topological polar surface area (TPSA) is 55.4 Å². The number of carbonyl (C=O) groups excluding carboxylic acids is 2. The molecule has 0 spiro atoms. The second-order valence-electron chi connectivity index (χ2n) is 7.36. The van der Waals surface area contributed by atoms with Gasteiger partial charge in [0.2, 0.25) is 0 Å². The van der Waals surface area contributed by atoms with Crippen molar-refractivity contribution in [2.75, 3.05) is 5.32 Å². The van der Waals surface area contributed by atoms with E-state index in [0.29, 0.717) is 17.5 Å². The van der Waals surface area contributed by atoms with Gasteiger partial charge in [0.1, 0.15) is 6.10 Å². The minimum absolute atomic E-state index is 0.204. The quantitative estimate of drug-likeness (QED) is 0.465. The lowest BCUT2D eigenvalue weighted by atomic mass is 9.93. The van der Waals surface area contributed by atoms with Crippen molar-refractivity contribution in [1.29, 1.82) is 0 Å². The Morgan fingerprint density at radius 1 is 0.867 bits per heavy atom. The molecule has 1 amide bonds. The molecule has 4 aromatic rings. The van der Waals surface area contributed by atoms with Crippen LogP contribution in [-0.2, 0) is 11.2 Å². The van der Waals surface area contributed by atoms with Crippen molar-refractivity contribution >= 4 is 28.3 Å². The van der Waals surface area contributed by atoms with E-state index in [1.54, 1.807) is 18.2 Å². The summed E-state index contributed by atoms with van der Waals surface area (Å²) in [4.78, 5) is 25.4. The van der Waals surface area contributed by atoms with E-state index in [0.717, 1.165) is 27.6 Å². The minimum Gasteiger partial charge on any atom is -0.454 e. The van der Waals surface area contributed by atoms with Gasteiger partial charge in [-0.1, -0.05) is 66.7 Å². The van der Waals surface area contributed by atoms with E-state index < -0.39 is 0 Å². The van der Waals surface area contributed by atoms with Crippen LogP contribution in [0.5, 0.6) is 0 Å². The van der Waals surface area contributed by atoms with E-state index in [4.69, 9.17) is 4.74 Å². The van der Waals surface area contributed by atoms with Crippen LogP contribution >= 0.6 is 0 Å². The Bertz CT molecular complexity index is 1260. The predicted octanol–water partition coefficient (Wildman–Crippen LogP) is 5.55. The summed E-state index contributed by atoms with van der Waals surface area (Å²) in [5, 5.41) is 5.06. The number of carbonyl (C=O) groups is 2. The molecule has 1 aliphatic heterocycles. The maximum absolute atomic E-state index is 12.9. The Morgan fingerprint density at radius 3 is 2.50 bits per heavy atom. The van der Waals surface area contributed by atoms with E-state index in [2.05, 4.69) is 5.32 Å². The maximum atomic E-state index is 12.9. The summed E-state index contributed by atoms with van der Waals surface area (Å²) < 4.78 is 5.60. The lowest BCUT2D eigenvalue weighted by Crippen LogP contribution is -2.23. The van der Waals surface area contributed by atoms with E-state index in [-0.39, 0.29) is 18.0 Å². The number of hydrogen-bond acceptors (Lipinski definition) is 3. The van der Waals surface area contributed by atoms with E-state index >= 15 is 0 Å². The molecule has 0 radical (unpaired) electrons. The van der Waals surface area contributed by atoms with Crippen LogP contribution in [-0.4, -0.2) is 11.9 Å². The number of nitrogens with one attached hydrogen (secondary N) is 1. The van der Waals surface area contributed by atoms with Crippen molar-refractivity contribution in [3.8, 4) is 0 Å². The summed E-state index contributed by atoms with van der Waals surface area (Å²) in [6.45, 7) is 0. The molecule has 4 aromatic carbocycles. The van der Waals surface area contributed by atoms with Crippen LogP contribution in [0, 0.1) is 0 Å². The van der Waals surface area contributed by atoms with Crippen LogP contribution in [0.25, 0.3) is 10.8 Å². The smallest absolute Gasteiger partial charge is 0.339 e. The molecule has 4 nitrogen and oxygen atoms in total. The van der Waals surface area contributed by atoms with Gasteiger partial charge < -0.3 is 10.1 Å². The third-order valence-corrected chi connectivity index (χ3v) is 5.45. The van der Waals surface area contributed by atoms with Crippen LogP contribution in [0.3, 0.4) is 0 Å². The summed E-state index contributed by atoms with van der Waals surface area (Å²) in [7, 11) is 0. The van der Waals surface area contributed by atoms with Gasteiger partial charge in [0.25, 0.3) is 5.91 Å². The number of amides is 1. The van der Waals surface area contributed by atoms with Gasteiger partial charge in [0, 0.05) is 23.1 Å². The Morgan fingerprint density at radius 2 is 1.63 bits per heavy atom. The second-order valence-corrected chi connectivity index (χ2v) is 7.36.